The summed E-state index contributed by atoms with van der Waals surface area (Å²) in [6, 6.07) is 40.0. The van der Waals surface area contributed by atoms with Gasteiger partial charge in [0.1, 0.15) is 0 Å². The Bertz CT molecular complexity index is 1790. The van der Waals surface area contributed by atoms with Gasteiger partial charge in [-0.1, -0.05) is 91.0 Å². The summed E-state index contributed by atoms with van der Waals surface area (Å²) in [5.74, 6) is -0.401. The first kappa shape index (κ1) is 32.2. The van der Waals surface area contributed by atoms with Gasteiger partial charge in [0.05, 0.1) is 24.4 Å². The summed E-state index contributed by atoms with van der Waals surface area (Å²) in [7, 11) is 0. The van der Waals surface area contributed by atoms with Crippen LogP contribution in [0.4, 0.5) is 0 Å². The molecule has 1 fully saturated rings. The van der Waals surface area contributed by atoms with Gasteiger partial charge >= 0.3 is 5.97 Å². The number of thioether (sulfide) groups is 1. The largest absolute Gasteiger partial charge is 0.478 e. The molecule has 3 unspecified atom stereocenters. The lowest BCUT2D eigenvalue weighted by Crippen LogP contribution is -2.31. The minimum absolute atomic E-state index is 0.0215. The summed E-state index contributed by atoms with van der Waals surface area (Å²) in [5, 5.41) is 21.8. The highest BCUT2D eigenvalue weighted by Gasteiger charge is 2.32. The van der Waals surface area contributed by atoms with Crippen molar-refractivity contribution in [2.24, 2.45) is 0 Å². The Balaban J connectivity index is 1.18. The third-order valence-corrected chi connectivity index (χ3v) is 9.28. The third-order valence-electron chi connectivity index (χ3n) is 8.14. The fourth-order valence-corrected chi connectivity index (χ4v) is 6.47. The second kappa shape index (κ2) is 15.2. The van der Waals surface area contributed by atoms with Crippen LogP contribution in [0.25, 0.3) is 11.1 Å². The van der Waals surface area contributed by atoms with Gasteiger partial charge in [-0.05, 0) is 64.2 Å². The number of carboxylic acids is 1. The van der Waals surface area contributed by atoms with Gasteiger partial charge in [-0.15, -0.1) is 11.8 Å². The minimum atomic E-state index is -0.948. The number of carbonyl (C=O) groups is 2. The molecule has 0 aromatic heterocycles. The molecule has 1 aliphatic rings. The van der Waals surface area contributed by atoms with Gasteiger partial charge in [-0.25, -0.2) is 4.79 Å². The molecule has 3 atom stereocenters. The number of nitrogens with one attached hydrogen (secondary N) is 1. The van der Waals surface area contributed by atoms with Gasteiger partial charge in [-0.3, -0.25) is 4.79 Å². The van der Waals surface area contributed by atoms with Crippen molar-refractivity contribution in [3.8, 4) is 11.1 Å². The Morgan fingerprint density at radius 2 is 1.43 bits per heavy atom. The molecule has 0 aliphatic carbocycles. The number of rotatable bonds is 11. The van der Waals surface area contributed by atoms with Gasteiger partial charge in [0, 0.05) is 34.7 Å². The third kappa shape index (κ3) is 8.17. The van der Waals surface area contributed by atoms with Crippen molar-refractivity contribution in [2.45, 2.75) is 43.0 Å². The fourth-order valence-electron chi connectivity index (χ4n) is 5.55. The standard InChI is InChI=1S/C39H35NO6S/c41-24-26-10-12-28(13-11-26)36-22-33(25-47-34-20-18-30(19-21-34)38(43)44)45-39(46-36)31-16-14-27(15-17-31)35-9-5-4-8-32(35)23-40-37(42)29-6-2-1-3-7-29/h1-21,33,36,39,41H,22-25H2,(H,40,42)(H,43,44). The van der Waals surface area contributed by atoms with Gasteiger partial charge in [0.25, 0.3) is 5.91 Å². The van der Waals surface area contributed by atoms with E-state index in [1.54, 1.807) is 36.0 Å². The van der Waals surface area contributed by atoms with Crippen molar-refractivity contribution in [1.82, 2.24) is 5.32 Å². The summed E-state index contributed by atoms with van der Waals surface area (Å²) in [6.07, 6.45) is -0.292. The molecule has 0 bridgehead atoms. The molecule has 0 spiro atoms. The first-order valence-corrected chi connectivity index (χ1v) is 16.4. The van der Waals surface area contributed by atoms with E-state index in [1.807, 2.05) is 97.1 Å². The van der Waals surface area contributed by atoms with Crippen molar-refractivity contribution < 1.29 is 29.3 Å². The van der Waals surface area contributed by atoms with E-state index >= 15 is 0 Å². The van der Waals surface area contributed by atoms with Crippen LogP contribution in [0.15, 0.2) is 132 Å². The molecular formula is C39H35NO6S. The van der Waals surface area contributed by atoms with E-state index in [-0.39, 0.29) is 30.3 Å². The SMILES string of the molecule is O=C(O)c1ccc(SCC2CC(c3ccc(CO)cc3)OC(c3ccc(-c4ccccc4CNC(=O)c4ccccc4)cc3)O2)cc1. The lowest BCUT2D eigenvalue weighted by molar-refractivity contribution is -0.245. The first-order chi connectivity index (χ1) is 23.0. The van der Waals surface area contributed by atoms with E-state index in [0.29, 0.717) is 24.3 Å². The minimum Gasteiger partial charge on any atom is -0.478 e. The Labute approximate surface area is 278 Å². The smallest absolute Gasteiger partial charge is 0.335 e. The van der Waals surface area contributed by atoms with Crippen molar-refractivity contribution in [3.63, 3.8) is 0 Å². The van der Waals surface area contributed by atoms with Crippen LogP contribution in [0.1, 0.15) is 61.8 Å². The molecule has 8 heteroatoms. The number of carbonyl (C=O) groups excluding carboxylic acids is 1. The van der Waals surface area contributed by atoms with Crippen LogP contribution in [0.2, 0.25) is 0 Å². The van der Waals surface area contributed by atoms with Crippen LogP contribution in [0, 0.1) is 0 Å². The predicted molar refractivity (Wildman–Crippen MR) is 182 cm³/mol. The van der Waals surface area contributed by atoms with Crippen molar-refractivity contribution in [2.75, 3.05) is 5.75 Å². The summed E-state index contributed by atoms with van der Waals surface area (Å²) < 4.78 is 13.0. The molecule has 0 saturated carbocycles. The molecular weight excluding hydrogens is 610 g/mol. The molecule has 6 rings (SSSR count). The van der Waals surface area contributed by atoms with E-state index < -0.39 is 12.3 Å². The quantitative estimate of drug-likeness (QED) is 0.126. The summed E-state index contributed by atoms with van der Waals surface area (Å²) >= 11 is 1.62. The van der Waals surface area contributed by atoms with Gasteiger partial charge in [-0.2, -0.15) is 0 Å². The zero-order valence-electron chi connectivity index (χ0n) is 25.6. The molecule has 1 amide bonds. The topological polar surface area (TPSA) is 105 Å². The van der Waals surface area contributed by atoms with Crippen LogP contribution in [0.3, 0.4) is 0 Å². The summed E-state index contributed by atoms with van der Waals surface area (Å²) in [6.45, 7) is 0.377. The average Bonchev–Trinajstić information content (AvgIpc) is 3.13. The van der Waals surface area contributed by atoms with Gasteiger partial charge in [0.15, 0.2) is 6.29 Å². The highest BCUT2D eigenvalue weighted by Crippen LogP contribution is 2.40. The lowest BCUT2D eigenvalue weighted by Gasteiger charge is -2.36. The summed E-state index contributed by atoms with van der Waals surface area (Å²) in [4.78, 5) is 24.9. The van der Waals surface area contributed by atoms with E-state index in [4.69, 9.17) is 9.47 Å². The van der Waals surface area contributed by atoms with Crippen molar-refractivity contribution in [1.29, 1.82) is 0 Å². The highest BCUT2D eigenvalue weighted by molar-refractivity contribution is 7.99. The van der Waals surface area contributed by atoms with Crippen LogP contribution < -0.4 is 5.32 Å². The lowest BCUT2D eigenvalue weighted by atomic mass is 9.97. The molecule has 3 N–H and O–H groups in total. The predicted octanol–water partition coefficient (Wildman–Crippen LogP) is 7.81. The Kier molecular flexibility index (Phi) is 10.4. The van der Waals surface area contributed by atoms with Crippen LogP contribution in [-0.4, -0.2) is 33.9 Å². The molecule has 5 aromatic carbocycles. The Morgan fingerprint density at radius 3 is 2.13 bits per heavy atom. The van der Waals surface area contributed by atoms with Gasteiger partial charge < -0.3 is 25.0 Å². The van der Waals surface area contributed by atoms with Crippen LogP contribution in [-0.2, 0) is 22.6 Å². The van der Waals surface area contributed by atoms with Gasteiger partial charge in [0.2, 0.25) is 0 Å². The Hall–Kier alpha value is -4.73. The number of hydrogen-bond acceptors (Lipinski definition) is 6. The second-order valence-electron chi connectivity index (χ2n) is 11.3. The molecule has 5 aromatic rings. The van der Waals surface area contributed by atoms with E-state index in [1.165, 1.54) is 0 Å². The van der Waals surface area contributed by atoms with Crippen molar-refractivity contribution in [3.05, 3.63) is 161 Å². The number of aromatic carboxylic acids is 1. The monoisotopic (exact) mass is 645 g/mol. The number of hydrogen-bond donors (Lipinski definition) is 3. The van der Waals surface area contributed by atoms with E-state index in [2.05, 4.69) is 11.4 Å². The average molecular weight is 646 g/mol. The second-order valence-corrected chi connectivity index (χ2v) is 12.4. The van der Waals surface area contributed by atoms with E-state index in [0.717, 1.165) is 38.3 Å². The maximum absolute atomic E-state index is 12.7. The maximum Gasteiger partial charge on any atom is 0.335 e. The van der Waals surface area contributed by atoms with E-state index in [9.17, 15) is 19.8 Å². The molecule has 238 valence electrons. The number of carboxylic acid groups (broad SMARTS) is 1. The zero-order valence-corrected chi connectivity index (χ0v) is 26.4. The molecule has 0 radical (unpaired) electrons. The van der Waals surface area contributed by atoms with Crippen LogP contribution >= 0.6 is 11.8 Å². The van der Waals surface area contributed by atoms with Crippen molar-refractivity contribution >= 4 is 23.6 Å². The number of ether oxygens (including phenoxy) is 2. The number of benzene rings is 5. The zero-order chi connectivity index (χ0) is 32.6. The first-order valence-electron chi connectivity index (χ1n) is 15.4. The molecule has 47 heavy (non-hydrogen) atoms. The molecule has 1 heterocycles. The van der Waals surface area contributed by atoms with Crippen LogP contribution in [0.5, 0.6) is 0 Å². The molecule has 7 nitrogen and oxygen atoms in total. The maximum atomic E-state index is 12.7. The number of aliphatic hydroxyl groups is 1. The fraction of sp³-hybridized carbons (Fsp3) is 0.179. The molecule has 1 aliphatic heterocycles. The molecule has 1 saturated heterocycles. The number of aliphatic hydroxyl groups excluding tert-OH is 1. The number of amides is 1. The summed E-state index contributed by atoms with van der Waals surface area (Å²) in [5.41, 5.74) is 6.67. The normalized spacial score (nSPS) is 17.6. The highest BCUT2D eigenvalue weighted by atomic mass is 32.2. The Morgan fingerprint density at radius 1 is 0.745 bits per heavy atom.